The van der Waals surface area contributed by atoms with Gasteiger partial charge in [-0.2, -0.15) is 0 Å². The van der Waals surface area contributed by atoms with Gasteiger partial charge in [0.2, 0.25) is 0 Å². The lowest BCUT2D eigenvalue weighted by Gasteiger charge is -2.71. The molecule has 22 atom stereocenters. The molecule has 17 nitrogen and oxygen atoms in total. The van der Waals surface area contributed by atoms with Crippen molar-refractivity contribution in [3.63, 3.8) is 0 Å². The minimum Gasteiger partial charge on any atom is -0.481 e. The van der Waals surface area contributed by atoms with Crippen molar-refractivity contribution >= 4 is 11.9 Å². The van der Waals surface area contributed by atoms with Crippen LogP contribution < -0.4 is 0 Å². The highest BCUT2D eigenvalue weighted by atomic mass is 16.8. The fourth-order valence-electron chi connectivity index (χ4n) is 15.3. The predicted octanol–water partition coefficient (Wildman–Crippen LogP) is 2.71. The summed E-state index contributed by atoms with van der Waals surface area (Å²) in [4.78, 5) is 26.3. The number of aliphatic carboxylic acids is 2. The molecule has 8 rings (SSSR count). The molecule has 7 fully saturated rings. The largest absolute Gasteiger partial charge is 0.481 e. The number of allylic oxidation sites excluding steroid dienone is 2. The van der Waals surface area contributed by atoms with E-state index in [1.165, 1.54) is 12.7 Å². The number of hydrogen-bond acceptors (Lipinski definition) is 15. The number of aliphatic hydroxyl groups excluding tert-OH is 7. The molecule has 0 spiro atoms. The monoisotopic (exact) mass is 925 g/mol. The molecule has 9 N–H and O–H groups in total. The minimum atomic E-state index is -1.90. The summed E-state index contributed by atoms with van der Waals surface area (Å²) in [6.07, 6.45) is -11.0. The van der Waals surface area contributed by atoms with Crippen molar-refractivity contribution in [2.75, 3.05) is 13.7 Å². The highest BCUT2D eigenvalue weighted by Crippen LogP contribution is 2.76. The van der Waals surface area contributed by atoms with E-state index < -0.39 is 121 Å². The molecule has 2 heterocycles. The van der Waals surface area contributed by atoms with Crippen molar-refractivity contribution in [3.05, 3.63) is 11.6 Å². The standard InChI is InChI=1S/C48H76O17/c1-43(2)15-17-48(42(58)59)18-16-46(6)23(24(48)20-43)9-10-28-45(5)13-12-29(44(3,4)27(45)11-14-47(28,46)7)61-25-19-22(38(56)57)36(63-40-33(53)32(52)30(50)26(21-49)62-40)37(31(25)51)64-41-35(55)34(54)39(60-8)65-41/h9,22,24-37,39-41,49-55H,10-21H2,1-8H3,(H,56,57)(H,58,59)/t22-,24+,25+,26+,27-,28+,29-,30-,31-,32-,33+,34-,35-,36+,37+,39+,40-,41+,45-,46+,47+,48-/m0/s1. The number of aliphatic hydroxyl groups is 7. The zero-order chi connectivity index (χ0) is 47.6. The summed E-state index contributed by atoms with van der Waals surface area (Å²) in [5, 5.41) is 97.0. The van der Waals surface area contributed by atoms with Crippen LogP contribution in [0.3, 0.4) is 0 Å². The van der Waals surface area contributed by atoms with Crippen LogP contribution in [-0.2, 0) is 38.0 Å². The van der Waals surface area contributed by atoms with Crippen molar-refractivity contribution in [1.82, 2.24) is 0 Å². The highest BCUT2D eigenvalue weighted by Gasteiger charge is 2.70. The van der Waals surface area contributed by atoms with Crippen LogP contribution in [0.25, 0.3) is 0 Å². The summed E-state index contributed by atoms with van der Waals surface area (Å²) >= 11 is 0. The normalized spacial score (nSPS) is 52.6. The Hall–Kier alpha value is -1.84. The van der Waals surface area contributed by atoms with Gasteiger partial charge in [0.05, 0.1) is 30.1 Å². The maximum absolute atomic E-state index is 13.2. The lowest BCUT2D eigenvalue weighted by Crippen LogP contribution is -2.66. The van der Waals surface area contributed by atoms with Crippen molar-refractivity contribution in [2.24, 2.45) is 56.2 Å². The van der Waals surface area contributed by atoms with Crippen molar-refractivity contribution in [3.8, 4) is 0 Å². The van der Waals surface area contributed by atoms with E-state index in [2.05, 4.69) is 54.5 Å². The van der Waals surface area contributed by atoms with Crippen LogP contribution in [0.2, 0.25) is 0 Å². The summed E-state index contributed by atoms with van der Waals surface area (Å²) in [7, 11) is 1.25. The van der Waals surface area contributed by atoms with E-state index in [1.807, 2.05) is 0 Å². The number of carboxylic acid groups (broad SMARTS) is 2. The molecule has 0 bridgehead atoms. The van der Waals surface area contributed by atoms with Gasteiger partial charge in [0.15, 0.2) is 18.9 Å². The van der Waals surface area contributed by atoms with Gasteiger partial charge < -0.3 is 74.4 Å². The number of hydrogen-bond donors (Lipinski definition) is 9. The molecule has 5 saturated carbocycles. The van der Waals surface area contributed by atoms with Crippen molar-refractivity contribution < 1.29 is 84.0 Å². The van der Waals surface area contributed by atoms with Gasteiger partial charge in [-0.05, 0) is 115 Å². The molecule has 65 heavy (non-hydrogen) atoms. The van der Waals surface area contributed by atoms with Crippen molar-refractivity contribution in [1.29, 1.82) is 0 Å². The maximum atomic E-state index is 13.2. The number of ether oxygens (including phenoxy) is 6. The average molecular weight is 925 g/mol. The Labute approximate surface area is 381 Å². The molecule has 0 aromatic carbocycles. The van der Waals surface area contributed by atoms with Crippen LogP contribution in [0, 0.1) is 56.2 Å². The zero-order valence-corrected chi connectivity index (χ0v) is 39.2. The number of fused-ring (bicyclic) bond motifs is 7. The van der Waals surface area contributed by atoms with Gasteiger partial charge in [0.1, 0.15) is 54.9 Å². The molecular weight excluding hydrogens is 849 g/mol. The second-order valence-electron chi connectivity index (χ2n) is 23.4. The van der Waals surface area contributed by atoms with Crippen LogP contribution in [0.1, 0.15) is 119 Å². The second kappa shape index (κ2) is 17.2. The lowest BCUT2D eigenvalue weighted by atomic mass is 9.33. The smallest absolute Gasteiger partial charge is 0.310 e. The zero-order valence-electron chi connectivity index (χ0n) is 39.2. The third kappa shape index (κ3) is 7.68. The molecule has 2 aliphatic heterocycles. The first-order valence-corrected chi connectivity index (χ1v) is 24.0. The molecular formula is C48H76O17. The first-order chi connectivity index (χ1) is 30.3. The Morgan fingerprint density at radius 2 is 1.34 bits per heavy atom. The molecule has 17 heteroatoms. The summed E-state index contributed by atoms with van der Waals surface area (Å²) in [6, 6.07) is 0. The Morgan fingerprint density at radius 1 is 0.708 bits per heavy atom. The summed E-state index contributed by atoms with van der Waals surface area (Å²) < 4.78 is 35.5. The van der Waals surface area contributed by atoms with Crippen LogP contribution in [0.15, 0.2) is 11.6 Å². The summed E-state index contributed by atoms with van der Waals surface area (Å²) in [6.45, 7) is 15.5. The van der Waals surface area contributed by atoms with Crippen LogP contribution in [0.4, 0.5) is 0 Å². The first-order valence-electron chi connectivity index (χ1n) is 24.0. The predicted molar refractivity (Wildman–Crippen MR) is 228 cm³/mol. The van der Waals surface area contributed by atoms with E-state index in [-0.39, 0.29) is 39.9 Å². The van der Waals surface area contributed by atoms with Crippen LogP contribution in [0.5, 0.6) is 0 Å². The molecule has 6 aliphatic carbocycles. The molecule has 0 amide bonds. The Kier molecular flexibility index (Phi) is 13.1. The van der Waals surface area contributed by atoms with E-state index in [0.717, 1.165) is 44.9 Å². The number of rotatable bonds is 10. The van der Waals surface area contributed by atoms with E-state index in [0.29, 0.717) is 25.2 Å². The highest BCUT2D eigenvalue weighted by molar-refractivity contribution is 5.76. The quantitative estimate of drug-likeness (QED) is 0.143. The van der Waals surface area contributed by atoms with E-state index in [4.69, 9.17) is 28.4 Å². The van der Waals surface area contributed by atoms with E-state index in [9.17, 15) is 55.5 Å². The van der Waals surface area contributed by atoms with Gasteiger partial charge >= 0.3 is 11.9 Å². The number of carboxylic acids is 2. The summed E-state index contributed by atoms with van der Waals surface area (Å²) in [5.41, 5.74) is -0.104. The van der Waals surface area contributed by atoms with Gasteiger partial charge in [0, 0.05) is 7.11 Å². The maximum Gasteiger partial charge on any atom is 0.310 e. The summed E-state index contributed by atoms with van der Waals surface area (Å²) in [5.74, 6) is -3.00. The minimum absolute atomic E-state index is 0.00733. The SMILES string of the molecule is CO[C@@H]1O[C@@H](O[C@@H]2[C@@H](O)[C@H](O[C@H]3CC[C@]4(C)[C@H]5CC=C6[C@H]7CC(C)(C)CC[C@]7(C(=O)O)CC[C@@]6(C)[C@]5(C)CC[C@H]4C3(C)C)C[C@H](C(=O)O)[C@H]2O[C@@H]2O[C@H](CO)[C@H](O)[C@H](O)[C@H]2O)[C@@H](O)[C@@H]1O. The fraction of sp³-hybridized carbons (Fsp3) is 0.917. The van der Waals surface area contributed by atoms with Crippen LogP contribution in [-0.4, -0.2) is 158 Å². The lowest BCUT2D eigenvalue weighted by molar-refractivity contribution is -0.345. The number of carbonyl (C=O) groups is 2. The van der Waals surface area contributed by atoms with E-state index in [1.54, 1.807) is 0 Å². The molecule has 370 valence electrons. The Bertz CT molecular complexity index is 1820. The topological polar surface area (TPSA) is 272 Å². The molecule has 0 unspecified atom stereocenters. The molecule has 0 aromatic heterocycles. The Balaban J connectivity index is 1.06. The fourth-order valence-corrected chi connectivity index (χ4v) is 15.3. The van der Waals surface area contributed by atoms with Gasteiger partial charge in [-0.1, -0.05) is 60.1 Å². The Morgan fingerprint density at radius 3 is 1.97 bits per heavy atom. The molecule has 0 radical (unpaired) electrons. The van der Waals surface area contributed by atoms with Crippen LogP contribution >= 0.6 is 0 Å². The first kappa shape index (κ1) is 49.6. The second-order valence-corrected chi connectivity index (χ2v) is 23.4. The van der Waals surface area contributed by atoms with Gasteiger partial charge in [-0.25, -0.2) is 0 Å². The average Bonchev–Trinajstić information content (AvgIpc) is 3.51. The van der Waals surface area contributed by atoms with Gasteiger partial charge in [-0.15, -0.1) is 0 Å². The third-order valence-corrected chi connectivity index (χ3v) is 19.4. The molecule has 2 saturated heterocycles. The third-order valence-electron chi connectivity index (χ3n) is 19.4. The molecule has 8 aliphatic rings. The molecule has 0 aromatic rings. The van der Waals surface area contributed by atoms with Gasteiger partial charge in [-0.3, -0.25) is 9.59 Å². The van der Waals surface area contributed by atoms with Gasteiger partial charge in [0.25, 0.3) is 0 Å². The van der Waals surface area contributed by atoms with Crippen molar-refractivity contribution in [2.45, 2.75) is 205 Å². The van der Waals surface area contributed by atoms with E-state index >= 15 is 0 Å². The number of methoxy groups -OCH3 is 1.